The van der Waals surface area contributed by atoms with E-state index >= 15 is 0 Å². The molecule has 0 spiro atoms. The van der Waals surface area contributed by atoms with E-state index in [0.29, 0.717) is 22.6 Å². The Kier molecular flexibility index (Phi) is 5.80. The minimum Gasteiger partial charge on any atom is -0.496 e. The maximum absolute atomic E-state index is 13.2. The van der Waals surface area contributed by atoms with Crippen LogP contribution in [0.15, 0.2) is 96.4 Å². The molecule has 0 bridgehead atoms. The van der Waals surface area contributed by atoms with Gasteiger partial charge < -0.3 is 9.47 Å². The Bertz CT molecular complexity index is 1600. The number of allylic oxidation sites excluding steroid dienone is 1. The van der Waals surface area contributed by atoms with Crippen LogP contribution >= 0.6 is 0 Å². The molecule has 1 unspecified atom stereocenters. The smallest absolute Gasteiger partial charge is 0.269 e. The SMILES string of the molecule is COc1ccccc1C(=O)NC1=C(C#N)C(c2cccc([N+](=O)[O-])c2)c2c(ccc3ccccc23)O1. The van der Waals surface area contributed by atoms with Crippen LogP contribution in [0.25, 0.3) is 10.8 Å². The van der Waals surface area contributed by atoms with E-state index in [1.54, 1.807) is 42.5 Å². The Morgan fingerprint density at radius 3 is 2.61 bits per heavy atom. The fourth-order valence-corrected chi connectivity index (χ4v) is 4.46. The minimum absolute atomic E-state index is 0.0345. The van der Waals surface area contributed by atoms with Crippen molar-refractivity contribution in [2.75, 3.05) is 7.11 Å². The third-order valence-corrected chi connectivity index (χ3v) is 6.08. The lowest BCUT2D eigenvalue weighted by Crippen LogP contribution is -2.31. The Morgan fingerprint density at radius 2 is 1.83 bits per heavy atom. The monoisotopic (exact) mass is 477 g/mol. The zero-order chi connectivity index (χ0) is 25.2. The Labute approximate surface area is 206 Å². The maximum Gasteiger partial charge on any atom is 0.269 e. The lowest BCUT2D eigenvalue weighted by Gasteiger charge is -2.29. The van der Waals surface area contributed by atoms with Gasteiger partial charge in [-0.05, 0) is 34.5 Å². The van der Waals surface area contributed by atoms with Crippen molar-refractivity contribution in [1.29, 1.82) is 5.26 Å². The lowest BCUT2D eigenvalue weighted by molar-refractivity contribution is -0.384. The van der Waals surface area contributed by atoms with Crippen LogP contribution in [0.5, 0.6) is 11.5 Å². The molecule has 8 nitrogen and oxygen atoms in total. The first-order chi connectivity index (χ1) is 17.5. The number of para-hydroxylation sites is 1. The molecule has 4 aromatic rings. The van der Waals surface area contributed by atoms with Crippen molar-refractivity contribution in [3.05, 3.63) is 123 Å². The van der Waals surface area contributed by atoms with E-state index in [1.165, 1.54) is 19.2 Å². The number of nitrogens with zero attached hydrogens (tertiary/aromatic N) is 2. The summed E-state index contributed by atoms with van der Waals surface area (Å²) in [4.78, 5) is 24.2. The van der Waals surface area contributed by atoms with E-state index in [1.807, 2.05) is 30.3 Å². The molecule has 0 fully saturated rings. The van der Waals surface area contributed by atoms with Crippen molar-refractivity contribution in [3.8, 4) is 17.6 Å². The van der Waals surface area contributed by atoms with E-state index in [0.717, 1.165) is 10.8 Å². The molecule has 1 atom stereocenters. The van der Waals surface area contributed by atoms with E-state index < -0.39 is 16.7 Å². The summed E-state index contributed by atoms with van der Waals surface area (Å²) in [5.41, 5.74) is 1.52. The highest BCUT2D eigenvalue weighted by Gasteiger charge is 2.34. The largest absolute Gasteiger partial charge is 0.496 e. The second-order valence-electron chi connectivity index (χ2n) is 8.09. The minimum atomic E-state index is -0.710. The molecular formula is C28H19N3O5. The average Bonchev–Trinajstić information content (AvgIpc) is 2.92. The van der Waals surface area contributed by atoms with Gasteiger partial charge in [-0.15, -0.1) is 0 Å². The van der Waals surface area contributed by atoms with Gasteiger partial charge in [-0.3, -0.25) is 20.2 Å². The van der Waals surface area contributed by atoms with Crippen LogP contribution in [-0.4, -0.2) is 17.9 Å². The number of carbonyl (C=O) groups excluding carboxylic acids is 1. The molecule has 0 aliphatic carbocycles. The van der Waals surface area contributed by atoms with Crippen LogP contribution in [0, 0.1) is 21.4 Å². The number of carbonyl (C=O) groups is 1. The highest BCUT2D eigenvalue weighted by molar-refractivity contribution is 5.98. The van der Waals surface area contributed by atoms with Crippen LogP contribution in [0.1, 0.15) is 27.4 Å². The summed E-state index contributed by atoms with van der Waals surface area (Å²) in [6, 6.07) is 26.3. The first kappa shape index (κ1) is 22.6. The number of rotatable bonds is 5. The zero-order valence-corrected chi connectivity index (χ0v) is 19.1. The Hall–Kier alpha value is -5.16. The number of benzene rings is 4. The molecule has 0 aromatic heterocycles. The standard InChI is InChI=1S/C28H19N3O5/c1-35-23-12-5-4-11-21(23)27(32)30-28-22(16-29)25(18-8-6-9-19(15-18)31(33)34)26-20-10-3-2-7-17(20)13-14-24(26)36-28/h2-15,25H,1H3,(H,30,32). The average molecular weight is 477 g/mol. The van der Waals surface area contributed by atoms with Gasteiger partial charge in [0.2, 0.25) is 5.88 Å². The van der Waals surface area contributed by atoms with Crippen molar-refractivity contribution in [3.63, 3.8) is 0 Å². The number of hydrogen-bond donors (Lipinski definition) is 1. The molecule has 1 aliphatic rings. The molecule has 0 saturated carbocycles. The number of amides is 1. The van der Waals surface area contributed by atoms with Gasteiger partial charge in [-0.1, -0.05) is 54.6 Å². The quantitative estimate of drug-likeness (QED) is 0.302. The fraction of sp³-hybridized carbons (Fsp3) is 0.0714. The summed E-state index contributed by atoms with van der Waals surface area (Å²) >= 11 is 0. The summed E-state index contributed by atoms with van der Waals surface area (Å²) in [7, 11) is 1.46. The molecule has 0 saturated heterocycles. The van der Waals surface area contributed by atoms with Gasteiger partial charge in [0, 0.05) is 17.7 Å². The number of nitro benzene ring substituents is 1. The van der Waals surface area contributed by atoms with Crippen molar-refractivity contribution in [2.24, 2.45) is 0 Å². The number of nitrogens with one attached hydrogen (secondary N) is 1. The molecule has 8 heteroatoms. The highest BCUT2D eigenvalue weighted by Crippen LogP contribution is 2.46. The number of fused-ring (bicyclic) bond motifs is 3. The third-order valence-electron chi connectivity index (χ3n) is 6.08. The van der Waals surface area contributed by atoms with Crippen LogP contribution in [-0.2, 0) is 0 Å². The van der Waals surface area contributed by atoms with Gasteiger partial charge in [-0.25, -0.2) is 0 Å². The first-order valence-corrected chi connectivity index (χ1v) is 11.0. The molecule has 1 N–H and O–H groups in total. The lowest BCUT2D eigenvalue weighted by atomic mass is 9.81. The summed E-state index contributed by atoms with van der Waals surface area (Å²) in [5, 5.41) is 26.2. The van der Waals surface area contributed by atoms with Crippen molar-refractivity contribution in [2.45, 2.75) is 5.92 Å². The van der Waals surface area contributed by atoms with Gasteiger partial charge in [-0.2, -0.15) is 5.26 Å². The Balaban J connectivity index is 1.70. The summed E-state index contributed by atoms with van der Waals surface area (Å²) in [6.07, 6.45) is 0. The van der Waals surface area contributed by atoms with E-state index in [2.05, 4.69) is 11.4 Å². The molecule has 0 radical (unpaired) electrons. The second kappa shape index (κ2) is 9.24. The van der Waals surface area contributed by atoms with Crippen LogP contribution in [0.4, 0.5) is 5.69 Å². The van der Waals surface area contributed by atoms with Crippen LogP contribution in [0.2, 0.25) is 0 Å². The summed E-state index contributed by atoms with van der Waals surface area (Å²) in [5.74, 6) is -0.450. The van der Waals surface area contributed by atoms with Gasteiger partial charge in [0.15, 0.2) is 0 Å². The molecule has 4 aromatic carbocycles. The molecule has 1 amide bonds. The molecule has 5 rings (SSSR count). The van der Waals surface area contributed by atoms with E-state index in [4.69, 9.17) is 9.47 Å². The normalized spacial score (nSPS) is 14.4. The summed E-state index contributed by atoms with van der Waals surface area (Å²) in [6.45, 7) is 0. The molecule has 176 valence electrons. The number of methoxy groups -OCH3 is 1. The van der Waals surface area contributed by atoms with Gasteiger partial charge in [0.25, 0.3) is 11.6 Å². The molecular weight excluding hydrogens is 458 g/mol. The highest BCUT2D eigenvalue weighted by atomic mass is 16.6. The van der Waals surface area contributed by atoms with E-state index in [-0.39, 0.29) is 22.7 Å². The van der Waals surface area contributed by atoms with Gasteiger partial charge >= 0.3 is 0 Å². The zero-order valence-electron chi connectivity index (χ0n) is 19.1. The number of nitro groups is 1. The van der Waals surface area contributed by atoms with Crippen LogP contribution < -0.4 is 14.8 Å². The summed E-state index contributed by atoms with van der Waals surface area (Å²) < 4.78 is 11.4. The fourth-order valence-electron chi connectivity index (χ4n) is 4.46. The molecule has 1 heterocycles. The first-order valence-electron chi connectivity index (χ1n) is 11.0. The molecule has 36 heavy (non-hydrogen) atoms. The predicted octanol–water partition coefficient (Wildman–Crippen LogP) is 5.45. The number of nitriles is 1. The van der Waals surface area contributed by atoms with Crippen molar-refractivity contribution >= 4 is 22.4 Å². The van der Waals surface area contributed by atoms with Crippen LogP contribution in [0.3, 0.4) is 0 Å². The van der Waals surface area contributed by atoms with E-state index in [9.17, 15) is 20.2 Å². The number of ether oxygens (including phenoxy) is 2. The number of hydrogen-bond acceptors (Lipinski definition) is 6. The second-order valence-corrected chi connectivity index (χ2v) is 8.09. The number of non-ortho nitro benzene ring substituents is 1. The van der Waals surface area contributed by atoms with Gasteiger partial charge in [0.05, 0.1) is 23.5 Å². The maximum atomic E-state index is 13.2. The van der Waals surface area contributed by atoms with Crippen molar-refractivity contribution < 1.29 is 19.2 Å². The Morgan fingerprint density at radius 1 is 1.06 bits per heavy atom. The topological polar surface area (TPSA) is 114 Å². The molecule has 1 aliphatic heterocycles. The van der Waals surface area contributed by atoms with Gasteiger partial charge in [0.1, 0.15) is 23.1 Å². The predicted molar refractivity (Wildman–Crippen MR) is 133 cm³/mol. The third kappa shape index (κ3) is 3.89. The van der Waals surface area contributed by atoms with Crippen molar-refractivity contribution in [1.82, 2.24) is 5.32 Å².